The van der Waals surface area contributed by atoms with Gasteiger partial charge in [0, 0.05) is 0 Å². The number of aliphatic hydroxyl groups is 1. The molecule has 0 bridgehead atoms. The molecular formula is C10H15N5O13P2S. The van der Waals surface area contributed by atoms with Gasteiger partial charge < -0.3 is 30.3 Å². The number of nitrogens with two attached hydrogens (primary N) is 1. The molecule has 1 fully saturated rings. The number of aromatic nitrogens is 4. The van der Waals surface area contributed by atoms with Crippen LogP contribution >= 0.6 is 15.6 Å². The van der Waals surface area contributed by atoms with Gasteiger partial charge >= 0.3 is 26.0 Å². The number of nitrogen functional groups attached to an aromatic ring is 1. The fraction of sp³-hybridized carbons (Fsp3) is 0.500. The highest BCUT2D eigenvalue weighted by Crippen LogP contribution is 2.48. The Kier molecular flexibility index (Phi) is 6.51. The van der Waals surface area contributed by atoms with E-state index in [4.69, 9.17) is 24.8 Å². The van der Waals surface area contributed by atoms with E-state index >= 15 is 0 Å². The van der Waals surface area contributed by atoms with Crippen molar-refractivity contribution in [2.75, 3.05) is 12.3 Å². The fourth-order valence-electron chi connectivity index (χ4n) is 2.74. The zero-order valence-electron chi connectivity index (χ0n) is 14.8. The third kappa shape index (κ3) is 5.80. The lowest BCUT2D eigenvalue weighted by molar-refractivity contribution is -0.0499. The first-order chi connectivity index (χ1) is 14.2. The summed E-state index contributed by atoms with van der Waals surface area (Å²) in [5, 5.41) is 10.5. The van der Waals surface area contributed by atoms with Gasteiger partial charge in [-0.25, -0.2) is 24.1 Å². The Morgan fingerprint density at radius 1 is 1.23 bits per heavy atom. The van der Waals surface area contributed by atoms with Crippen molar-refractivity contribution in [2.24, 2.45) is 0 Å². The van der Waals surface area contributed by atoms with Crippen LogP contribution in [0.3, 0.4) is 0 Å². The van der Waals surface area contributed by atoms with Crippen molar-refractivity contribution < 1.29 is 59.6 Å². The maximum absolute atomic E-state index is 11.6. The Hall–Kier alpha value is -1.60. The highest BCUT2D eigenvalue weighted by molar-refractivity contribution is 7.85. The van der Waals surface area contributed by atoms with Crippen LogP contribution in [0.25, 0.3) is 11.2 Å². The molecule has 1 aliphatic rings. The van der Waals surface area contributed by atoms with Crippen molar-refractivity contribution in [2.45, 2.75) is 24.5 Å². The van der Waals surface area contributed by atoms with Gasteiger partial charge in [-0.2, -0.15) is 8.42 Å². The largest absolute Gasteiger partial charge is 0.488 e. The summed E-state index contributed by atoms with van der Waals surface area (Å²) < 4.78 is 71.5. The highest BCUT2D eigenvalue weighted by atomic mass is 32.3. The molecule has 0 radical (unpaired) electrons. The van der Waals surface area contributed by atoms with E-state index in [9.17, 15) is 27.5 Å². The molecule has 18 nitrogen and oxygen atoms in total. The number of aliphatic hydroxyl groups excluding tert-OH is 1. The molecular weight excluding hydrogens is 492 g/mol. The van der Waals surface area contributed by atoms with Crippen LogP contribution in [0.2, 0.25) is 0 Å². The van der Waals surface area contributed by atoms with E-state index in [1.165, 1.54) is 0 Å². The summed E-state index contributed by atoms with van der Waals surface area (Å²) >= 11 is 0. The molecule has 174 valence electrons. The summed E-state index contributed by atoms with van der Waals surface area (Å²) in [6, 6.07) is 0. The molecule has 2 unspecified atom stereocenters. The van der Waals surface area contributed by atoms with Crippen LogP contribution in [-0.4, -0.2) is 77.2 Å². The molecule has 0 aromatic carbocycles. The Labute approximate surface area is 172 Å². The van der Waals surface area contributed by atoms with E-state index in [1.54, 1.807) is 0 Å². The second-order valence-corrected chi connectivity index (χ2v) is 9.80. The number of imidazole rings is 1. The minimum atomic E-state index is -5.39. The predicted octanol–water partition coefficient (Wildman–Crippen LogP) is -1.92. The van der Waals surface area contributed by atoms with Crippen LogP contribution in [-0.2, 0) is 37.3 Å². The molecule has 5 atom stereocenters. The first-order valence-electron chi connectivity index (χ1n) is 7.83. The summed E-state index contributed by atoms with van der Waals surface area (Å²) in [6.45, 7) is -1.06. The molecule has 21 heteroatoms. The van der Waals surface area contributed by atoms with Gasteiger partial charge in [0.05, 0.1) is 12.9 Å². The smallest absolute Gasteiger partial charge is 0.386 e. The van der Waals surface area contributed by atoms with E-state index in [0.717, 1.165) is 17.2 Å². The summed E-state index contributed by atoms with van der Waals surface area (Å²) in [5.74, 6) is -0.0114. The Morgan fingerprint density at radius 2 is 1.90 bits per heavy atom. The van der Waals surface area contributed by atoms with Gasteiger partial charge in [0.15, 0.2) is 17.7 Å². The highest BCUT2D eigenvalue weighted by Gasteiger charge is 2.49. The van der Waals surface area contributed by atoms with Crippen molar-refractivity contribution in [3.05, 3.63) is 12.7 Å². The van der Waals surface area contributed by atoms with Crippen LogP contribution in [0, 0.1) is 0 Å². The second kappa shape index (κ2) is 8.39. The SMILES string of the molecule is Nc1ncnc2c1ncn2[C@@H]1O[C@H](COP(=O)(O)OS(=O)(=O)O)[C@H](OP(=O)(O)O)C1O. The quantitative estimate of drug-likeness (QED) is 0.168. The normalized spacial score (nSPS) is 26.9. The number of anilines is 1. The molecule has 31 heavy (non-hydrogen) atoms. The number of hydrogen-bond acceptors (Lipinski definition) is 13. The van der Waals surface area contributed by atoms with Crippen molar-refractivity contribution in [1.29, 1.82) is 0 Å². The van der Waals surface area contributed by atoms with E-state index in [1.807, 2.05) is 0 Å². The third-order valence-electron chi connectivity index (χ3n) is 3.82. The standard InChI is InChI=1S/C10H15N5O13P2S/c11-8-5-9(13-2-12-8)15(3-14-5)10-6(16)7(27-29(17,18)19)4(26-10)1-25-30(20,21)28-31(22,23)24/h2-4,6-7,10,16H,1H2,(H,20,21)(H2,11,12,13)(H2,17,18,19)(H,22,23,24)/t4-,6?,7+,10-/m1/s1. The van der Waals surface area contributed by atoms with Crippen LogP contribution in [0.1, 0.15) is 6.23 Å². The Balaban J connectivity index is 1.88. The zero-order valence-corrected chi connectivity index (χ0v) is 17.4. The lowest BCUT2D eigenvalue weighted by Gasteiger charge is -2.21. The van der Waals surface area contributed by atoms with Crippen molar-refractivity contribution in [1.82, 2.24) is 19.5 Å². The lowest BCUT2D eigenvalue weighted by atomic mass is 10.1. The number of hydrogen-bond donors (Lipinski definition) is 6. The van der Waals surface area contributed by atoms with Crippen LogP contribution in [0.4, 0.5) is 5.82 Å². The van der Waals surface area contributed by atoms with Gasteiger partial charge in [-0.15, -0.1) is 3.97 Å². The minimum absolute atomic E-state index is 0.0114. The average molecular weight is 507 g/mol. The predicted molar refractivity (Wildman–Crippen MR) is 95.0 cm³/mol. The van der Waals surface area contributed by atoms with Crippen LogP contribution in [0.5, 0.6) is 0 Å². The summed E-state index contributed by atoms with van der Waals surface area (Å²) in [7, 11) is -16.0. The van der Waals surface area contributed by atoms with Crippen molar-refractivity contribution >= 4 is 43.0 Å². The summed E-state index contributed by atoms with van der Waals surface area (Å²) in [5.41, 5.74) is 5.85. The van der Waals surface area contributed by atoms with E-state index in [0.29, 0.717) is 0 Å². The first-order valence-corrected chi connectivity index (χ1v) is 12.2. The molecule has 2 aromatic heterocycles. The molecule has 1 aliphatic heterocycles. The van der Waals surface area contributed by atoms with Crippen molar-refractivity contribution in [3.8, 4) is 0 Å². The number of nitrogens with zero attached hydrogens (tertiary/aromatic N) is 4. The molecule has 3 rings (SSSR count). The number of rotatable bonds is 8. The van der Waals surface area contributed by atoms with Gasteiger partial charge in [0.25, 0.3) is 0 Å². The van der Waals surface area contributed by atoms with Gasteiger partial charge in [0.2, 0.25) is 0 Å². The molecule has 0 aliphatic carbocycles. The molecule has 2 aromatic rings. The molecule has 0 spiro atoms. The topological polar surface area (TPSA) is 276 Å². The van der Waals surface area contributed by atoms with Gasteiger partial charge in [-0.3, -0.25) is 18.2 Å². The summed E-state index contributed by atoms with van der Waals surface area (Å²) in [6.07, 6.45) is -4.54. The fourth-order valence-corrected chi connectivity index (χ4v) is 4.77. The monoisotopic (exact) mass is 507 g/mol. The molecule has 3 heterocycles. The molecule has 0 amide bonds. The van der Waals surface area contributed by atoms with Crippen LogP contribution in [0.15, 0.2) is 12.7 Å². The molecule has 0 saturated carbocycles. The maximum Gasteiger partial charge on any atom is 0.488 e. The Morgan fingerprint density at radius 3 is 2.52 bits per heavy atom. The number of fused-ring (bicyclic) bond motifs is 1. The lowest BCUT2D eigenvalue weighted by Crippen LogP contribution is -2.35. The van der Waals surface area contributed by atoms with Crippen molar-refractivity contribution in [3.63, 3.8) is 0 Å². The van der Waals surface area contributed by atoms with Crippen LogP contribution < -0.4 is 5.73 Å². The maximum atomic E-state index is 11.6. The number of phosphoric ester groups is 2. The second-order valence-electron chi connectivity index (χ2n) is 5.97. The van der Waals surface area contributed by atoms with E-state index in [2.05, 4.69) is 28.0 Å². The zero-order chi connectivity index (χ0) is 23.2. The van der Waals surface area contributed by atoms with Gasteiger partial charge in [-0.05, 0) is 0 Å². The average Bonchev–Trinajstić information content (AvgIpc) is 3.13. The van der Waals surface area contributed by atoms with E-state index < -0.39 is 57.2 Å². The molecule has 1 saturated heterocycles. The number of phosphoric acid groups is 2. The van der Waals surface area contributed by atoms with E-state index in [-0.39, 0.29) is 17.0 Å². The van der Waals surface area contributed by atoms with Gasteiger partial charge in [0.1, 0.15) is 30.2 Å². The number of ether oxygens (including phenoxy) is 1. The first kappa shape index (κ1) is 24.1. The summed E-state index contributed by atoms with van der Waals surface area (Å²) in [4.78, 5) is 39.1. The Bertz CT molecular complexity index is 1170. The molecule has 7 N–H and O–H groups in total. The van der Waals surface area contributed by atoms with Gasteiger partial charge in [-0.1, -0.05) is 0 Å². The minimum Gasteiger partial charge on any atom is -0.386 e. The third-order valence-corrected chi connectivity index (χ3v) is 6.32.